The first kappa shape index (κ1) is 19.2. The number of methoxy groups -OCH3 is 1. The Kier molecular flexibility index (Phi) is 4.44. The Balaban J connectivity index is 1.59. The van der Waals surface area contributed by atoms with Crippen LogP contribution in [0.5, 0.6) is 5.75 Å². The maximum Gasteiger partial charge on any atom is 0.347 e. The molecule has 0 spiro atoms. The van der Waals surface area contributed by atoms with Crippen LogP contribution >= 0.6 is 15.9 Å². The number of amides is 2. The summed E-state index contributed by atoms with van der Waals surface area (Å²) in [5.41, 5.74) is 1.24. The van der Waals surface area contributed by atoms with E-state index >= 15 is 0 Å². The minimum Gasteiger partial charge on any atom is -0.497 e. The highest BCUT2D eigenvalue weighted by molar-refractivity contribution is 9.10. The molecule has 0 saturated carbocycles. The lowest BCUT2D eigenvalue weighted by atomic mass is 10.1. The van der Waals surface area contributed by atoms with Gasteiger partial charge in [0.25, 0.3) is 11.8 Å². The topological polar surface area (TPSA) is 89.7 Å². The molecule has 0 bridgehead atoms. The SMILES string of the molecule is COc1cccc(N2C(=O)c3ccc(-c4nc5ccc(Br)cc5c(=O)o4)cc3C2=O)c1. The van der Waals surface area contributed by atoms with Gasteiger partial charge in [-0.2, -0.15) is 0 Å². The van der Waals surface area contributed by atoms with Crippen molar-refractivity contribution in [1.29, 1.82) is 0 Å². The summed E-state index contributed by atoms with van der Waals surface area (Å²) in [6.07, 6.45) is 0. The standard InChI is InChI=1S/C23H13BrN2O5/c1-30-15-4-2-3-14(11-15)26-21(27)16-7-5-12(9-17(16)22(26)28)20-25-19-8-6-13(24)10-18(19)23(29)31-20/h2-11H,1H3. The molecule has 31 heavy (non-hydrogen) atoms. The van der Waals surface area contributed by atoms with Gasteiger partial charge in [0.2, 0.25) is 5.89 Å². The van der Waals surface area contributed by atoms with Crippen molar-refractivity contribution < 1.29 is 18.7 Å². The Hall–Kier alpha value is -3.78. The van der Waals surface area contributed by atoms with Crippen molar-refractivity contribution in [3.05, 3.63) is 86.7 Å². The van der Waals surface area contributed by atoms with Crippen molar-refractivity contribution in [3.8, 4) is 17.2 Å². The van der Waals surface area contributed by atoms with Crippen molar-refractivity contribution >= 4 is 44.3 Å². The molecule has 0 radical (unpaired) electrons. The van der Waals surface area contributed by atoms with E-state index in [0.717, 1.165) is 9.37 Å². The maximum absolute atomic E-state index is 13.1. The number of nitrogens with zero attached hydrogens (tertiary/aromatic N) is 2. The molecule has 0 saturated heterocycles. The molecule has 0 atom stereocenters. The molecule has 1 aromatic heterocycles. The molecular weight excluding hydrogens is 464 g/mol. The molecule has 0 fully saturated rings. The molecule has 3 aromatic carbocycles. The van der Waals surface area contributed by atoms with Gasteiger partial charge in [-0.25, -0.2) is 14.7 Å². The highest BCUT2D eigenvalue weighted by Gasteiger charge is 2.37. The van der Waals surface area contributed by atoms with E-state index < -0.39 is 17.4 Å². The smallest absolute Gasteiger partial charge is 0.347 e. The third-order valence-electron chi connectivity index (χ3n) is 5.03. The van der Waals surface area contributed by atoms with Gasteiger partial charge < -0.3 is 9.15 Å². The van der Waals surface area contributed by atoms with E-state index in [9.17, 15) is 14.4 Å². The molecular formula is C23H13BrN2O5. The third-order valence-corrected chi connectivity index (χ3v) is 5.53. The Morgan fingerprint density at radius 1 is 0.935 bits per heavy atom. The van der Waals surface area contributed by atoms with Crippen molar-refractivity contribution in [2.45, 2.75) is 0 Å². The molecule has 8 heteroatoms. The lowest BCUT2D eigenvalue weighted by Crippen LogP contribution is -2.29. The fraction of sp³-hybridized carbons (Fsp3) is 0.0435. The van der Waals surface area contributed by atoms with Gasteiger partial charge >= 0.3 is 5.63 Å². The Labute approximate surface area is 184 Å². The van der Waals surface area contributed by atoms with Crippen LogP contribution < -0.4 is 15.3 Å². The number of hydrogen-bond acceptors (Lipinski definition) is 6. The molecule has 7 nitrogen and oxygen atoms in total. The fourth-order valence-electron chi connectivity index (χ4n) is 3.53. The number of imide groups is 1. The van der Waals surface area contributed by atoms with Crippen molar-refractivity contribution in [3.63, 3.8) is 0 Å². The molecule has 0 N–H and O–H groups in total. The van der Waals surface area contributed by atoms with Crippen LogP contribution in [0.1, 0.15) is 20.7 Å². The molecule has 0 unspecified atom stereocenters. The van der Waals surface area contributed by atoms with Gasteiger partial charge in [0, 0.05) is 16.1 Å². The molecule has 2 amide bonds. The second kappa shape index (κ2) is 7.17. The van der Waals surface area contributed by atoms with Gasteiger partial charge in [-0.3, -0.25) is 9.59 Å². The summed E-state index contributed by atoms with van der Waals surface area (Å²) in [5, 5.41) is 0.342. The quantitative estimate of drug-likeness (QED) is 0.406. The predicted molar refractivity (Wildman–Crippen MR) is 118 cm³/mol. The lowest BCUT2D eigenvalue weighted by Gasteiger charge is -2.14. The summed E-state index contributed by atoms with van der Waals surface area (Å²) in [5.74, 6) is -0.300. The van der Waals surface area contributed by atoms with E-state index in [1.807, 2.05) is 0 Å². The number of carbonyl (C=O) groups excluding carboxylic acids is 2. The summed E-state index contributed by atoms with van der Waals surface area (Å²) < 4.78 is 11.3. The summed E-state index contributed by atoms with van der Waals surface area (Å²) in [6, 6.07) is 16.5. The van der Waals surface area contributed by atoms with Crippen LogP contribution in [-0.4, -0.2) is 23.9 Å². The fourth-order valence-corrected chi connectivity index (χ4v) is 3.89. The number of fused-ring (bicyclic) bond motifs is 2. The molecule has 0 aliphatic carbocycles. The average molecular weight is 477 g/mol. The number of hydrogen-bond donors (Lipinski definition) is 0. The summed E-state index contributed by atoms with van der Waals surface area (Å²) in [7, 11) is 1.51. The van der Waals surface area contributed by atoms with E-state index in [-0.39, 0.29) is 17.0 Å². The second-order valence-electron chi connectivity index (χ2n) is 6.88. The average Bonchev–Trinajstić information content (AvgIpc) is 3.03. The summed E-state index contributed by atoms with van der Waals surface area (Å²) in [4.78, 5) is 43.8. The van der Waals surface area contributed by atoms with E-state index in [1.54, 1.807) is 54.6 Å². The summed E-state index contributed by atoms with van der Waals surface area (Å²) in [6.45, 7) is 0. The highest BCUT2D eigenvalue weighted by atomic mass is 79.9. The predicted octanol–water partition coefficient (Wildman–Crippen LogP) is 4.43. The largest absolute Gasteiger partial charge is 0.497 e. The molecule has 1 aliphatic heterocycles. The van der Waals surface area contributed by atoms with Crippen LogP contribution in [0.25, 0.3) is 22.4 Å². The molecule has 2 heterocycles. The van der Waals surface area contributed by atoms with Gasteiger partial charge in [0.1, 0.15) is 5.75 Å². The van der Waals surface area contributed by atoms with Crippen molar-refractivity contribution in [2.75, 3.05) is 12.0 Å². The maximum atomic E-state index is 13.1. The van der Waals surface area contributed by atoms with Gasteiger partial charge in [0.05, 0.1) is 34.8 Å². The second-order valence-corrected chi connectivity index (χ2v) is 7.79. The first-order valence-corrected chi connectivity index (χ1v) is 10.0. The van der Waals surface area contributed by atoms with Gasteiger partial charge in [-0.1, -0.05) is 22.0 Å². The first-order chi connectivity index (χ1) is 15.0. The molecule has 4 aromatic rings. The Bertz CT molecular complexity index is 1460. The van der Waals surface area contributed by atoms with Crippen LogP contribution in [0.15, 0.2) is 74.3 Å². The lowest BCUT2D eigenvalue weighted by molar-refractivity contribution is 0.0926. The van der Waals surface area contributed by atoms with Crippen LogP contribution in [0.4, 0.5) is 5.69 Å². The van der Waals surface area contributed by atoms with E-state index in [2.05, 4.69) is 20.9 Å². The number of carbonyl (C=O) groups is 2. The molecule has 152 valence electrons. The molecule has 1 aliphatic rings. The zero-order valence-corrected chi connectivity index (χ0v) is 17.7. The Morgan fingerprint density at radius 3 is 2.55 bits per heavy atom. The minimum atomic E-state index is -0.540. The number of halogens is 1. The van der Waals surface area contributed by atoms with E-state index in [0.29, 0.717) is 27.9 Å². The van der Waals surface area contributed by atoms with Gasteiger partial charge in [-0.15, -0.1) is 0 Å². The van der Waals surface area contributed by atoms with Crippen LogP contribution in [-0.2, 0) is 0 Å². The van der Waals surface area contributed by atoms with Crippen LogP contribution in [0.3, 0.4) is 0 Å². The van der Waals surface area contributed by atoms with E-state index in [4.69, 9.17) is 9.15 Å². The monoisotopic (exact) mass is 476 g/mol. The highest BCUT2D eigenvalue weighted by Crippen LogP contribution is 2.32. The Morgan fingerprint density at radius 2 is 1.74 bits per heavy atom. The zero-order chi connectivity index (χ0) is 21.7. The summed E-state index contributed by atoms with van der Waals surface area (Å²) >= 11 is 3.32. The van der Waals surface area contributed by atoms with Crippen LogP contribution in [0.2, 0.25) is 0 Å². The number of benzene rings is 3. The third kappa shape index (κ3) is 3.12. The first-order valence-electron chi connectivity index (χ1n) is 9.24. The number of ether oxygens (including phenoxy) is 1. The number of aromatic nitrogens is 1. The number of rotatable bonds is 3. The number of anilines is 1. The van der Waals surface area contributed by atoms with Crippen molar-refractivity contribution in [1.82, 2.24) is 4.98 Å². The zero-order valence-electron chi connectivity index (χ0n) is 16.1. The van der Waals surface area contributed by atoms with Gasteiger partial charge in [0.15, 0.2) is 0 Å². The van der Waals surface area contributed by atoms with Crippen LogP contribution in [0, 0.1) is 0 Å². The normalized spacial score (nSPS) is 13.0. The van der Waals surface area contributed by atoms with Gasteiger partial charge in [-0.05, 0) is 48.5 Å². The van der Waals surface area contributed by atoms with E-state index in [1.165, 1.54) is 13.2 Å². The minimum absolute atomic E-state index is 0.0719. The molecule has 5 rings (SSSR count). The van der Waals surface area contributed by atoms with Crippen molar-refractivity contribution in [2.24, 2.45) is 0 Å².